The van der Waals surface area contributed by atoms with Crippen LogP contribution in [-0.2, 0) is 0 Å². The normalized spacial score (nSPS) is 8.91. The van der Waals surface area contributed by atoms with Gasteiger partial charge in [-0.05, 0) is 44.0 Å². The van der Waals surface area contributed by atoms with Gasteiger partial charge < -0.3 is 5.32 Å². The number of nitrogens with one attached hydrogen (secondary N) is 1. The lowest BCUT2D eigenvalue weighted by Crippen LogP contribution is -1.88. The molecule has 0 aliphatic carbocycles. The maximum Gasteiger partial charge on any atom is 0.129 e. The topological polar surface area (TPSA) is 24.9 Å². The second-order valence-corrected chi connectivity index (χ2v) is 4.57. The third kappa shape index (κ3) is 3.53. The molecular weight excluding hydrogens is 272 g/mol. The SMILES string of the molecule is BrC(Br)=CNc1ccccn1. The van der Waals surface area contributed by atoms with Crippen molar-refractivity contribution in [1.29, 1.82) is 0 Å². The van der Waals surface area contributed by atoms with E-state index in [1.54, 1.807) is 12.4 Å². The molecule has 0 aromatic carbocycles. The van der Waals surface area contributed by atoms with E-state index < -0.39 is 0 Å². The van der Waals surface area contributed by atoms with Crippen molar-refractivity contribution in [3.05, 3.63) is 34.0 Å². The first-order valence-corrected chi connectivity index (χ1v) is 4.56. The van der Waals surface area contributed by atoms with Crippen molar-refractivity contribution in [2.24, 2.45) is 0 Å². The molecule has 1 aromatic rings. The summed E-state index contributed by atoms with van der Waals surface area (Å²) in [4.78, 5) is 4.05. The van der Waals surface area contributed by atoms with Crippen LogP contribution in [0.1, 0.15) is 0 Å². The third-order valence-corrected chi connectivity index (χ3v) is 1.45. The van der Waals surface area contributed by atoms with Gasteiger partial charge in [-0.25, -0.2) is 4.98 Å². The predicted molar refractivity (Wildman–Crippen MR) is 53.8 cm³/mol. The highest BCUT2D eigenvalue weighted by Gasteiger charge is 1.86. The Morgan fingerprint density at radius 3 is 2.82 bits per heavy atom. The Morgan fingerprint density at radius 2 is 2.27 bits per heavy atom. The van der Waals surface area contributed by atoms with Crippen molar-refractivity contribution >= 4 is 37.7 Å². The van der Waals surface area contributed by atoms with Crippen molar-refractivity contribution < 1.29 is 0 Å². The number of hydrogen-bond acceptors (Lipinski definition) is 2. The summed E-state index contributed by atoms with van der Waals surface area (Å²) in [5.74, 6) is 0.823. The molecule has 1 heterocycles. The molecule has 11 heavy (non-hydrogen) atoms. The number of anilines is 1. The minimum Gasteiger partial charge on any atom is -0.345 e. The van der Waals surface area contributed by atoms with Crippen LogP contribution in [0, 0.1) is 0 Å². The molecule has 0 unspecified atom stereocenters. The van der Waals surface area contributed by atoms with Gasteiger partial charge in [0.1, 0.15) is 5.82 Å². The van der Waals surface area contributed by atoms with E-state index in [4.69, 9.17) is 0 Å². The number of aromatic nitrogens is 1. The largest absolute Gasteiger partial charge is 0.345 e. The molecular formula is C7H6Br2N2. The first-order valence-electron chi connectivity index (χ1n) is 2.98. The average Bonchev–Trinajstić information content (AvgIpc) is 2.03. The highest BCUT2D eigenvalue weighted by atomic mass is 79.9. The van der Waals surface area contributed by atoms with Gasteiger partial charge in [0.05, 0.1) is 3.39 Å². The fourth-order valence-electron chi connectivity index (χ4n) is 0.577. The van der Waals surface area contributed by atoms with Gasteiger partial charge in [0.2, 0.25) is 0 Å². The van der Waals surface area contributed by atoms with Crippen molar-refractivity contribution in [3.8, 4) is 0 Å². The van der Waals surface area contributed by atoms with Crippen LogP contribution in [0.2, 0.25) is 0 Å². The second-order valence-electron chi connectivity index (χ2n) is 1.79. The molecule has 4 heteroatoms. The Morgan fingerprint density at radius 1 is 1.45 bits per heavy atom. The molecule has 1 rings (SSSR count). The number of rotatable bonds is 2. The predicted octanol–water partition coefficient (Wildman–Crippen LogP) is 3.08. The van der Waals surface area contributed by atoms with Crippen LogP contribution < -0.4 is 5.32 Å². The fourth-order valence-corrected chi connectivity index (χ4v) is 0.806. The van der Waals surface area contributed by atoms with Crippen LogP contribution in [0.4, 0.5) is 5.82 Å². The Balaban J connectivity index is 2.59. The minimum absolute atomic E-state index is 0.823. The molecule has 0 bridgehead atoms. The van der Waals surface area contributed by atoms with Crippen LogP contribution >= 0.6 is 31.9 Å². The summed E-state index contributed by atoms with van der Waals surface area (Å²) >= 11 is 6.44. The van der Waals surface area contributed by atoms with Gasteiger partial charge in [-0.2, -0.15) is 0 Å². The molecule has 1 N–H and O–H groups in total. The second kappa shape index (κ2) is 4.51. The average molecular weight is 278 g/mol. The standard InChI is InChI=1S/C7H6Br2N2/c8-6(9)5-11-7-3-1-2-4-10-7/h1-5H,(H,10,11). The van der Waals surface area contributed by atoms with Crippen molar-refractivity contribution in [2.45, 2.75) is 0 Å². The highest BCUT2D eigenvalue weighted by Crippen LogP contribution is 2.12. The fraction of sp³-hybridized carbons (Fsp3) is 0. The van der Waals surface area contributed by atoms with Crippen LogP contribution in [-0.4, -0.2) is 4.98 Å². The number of nitrogens with zero attached hydrogens (tertiary/aromatic N) is 1. The lowest BCUT2D eigenvalue weighted by Gasteiger charge is -1.96. The van der Waals surface area contributed by atoms with Crippen LogP contribution in [0.25, 0.3) is 0 Å². The zero-order chi connectivity index (χ0) is 8.10. The first-order chi connectivity index (χ1) is 5.29. The molecule has 0 saturated carbocycles. The van der Waals surface area contributed by atoms with E-state index in [1.807, 2.05) is 18.2 Å². The van der Waals surface area contributed by atoms with Crippen LogP contribution in [0.5, 0.6) is 0 Å². The minimum atomic E-state index is 0.823. The van der Waals surface area contributed by atoms with Gasteiger partial charge in [0.25, 0.3) is 0 Å². The van der Waals surface area contributed by atoms with Gasteiger partial charge >= 0.3 is 0 Å². The lowest BCUT2D eigenvalue weighted by molar-refractivity contribution is 1.31. The Bertz CT molecular complexity index is 242. The van der Waals surface area contributed by atoms with Crippen molar-refractivity contribution in [2.75, 3.05) is 5.32 Å². The first kappa shape index (κ1) is 8.74. The molecule has 0 radical (unpaired) electrons. The molecule has 58 valence electrons. The summed E-state index contributed by atoms with van der Waals surface area (Å²) in [6.07, 6.45) is 3.50. The summed E-state index contributed by atoms with van der Waals surface area (Å²) in [6, 6.07) is 5.68. The molecule has 0 amide bonds. The summed E-state index contributed by atoms with van der Waals surface area (Å²) in [5, 5.41) is 2.98. The molecule has 0 aliphatic heterocycles. The van der Waals surface area contributed by atoms with Crippen molar-refractivity contribution in [3.63, 3.8) is 0 Å². The lowest BCUT2D eigenvalue weighted by atomic mass is 10.5. The van der Waals surface area contributed by atoms with Crippen molar-refractivity contribution in [1.82, 2.24) is 4.98 Å². The monoisotopic (exact) mass is 276 g/mol. The third-order valence-electron chi connectivity index (χ3n) is 0.994. The summed E-state index contributed by atoms with van der Waals surface area (Å²) < 4.78 is 0.857. The Labute approximate surface area is 82.0 Å². The molecule has 2 nitrogen and oxygen atoms in total. The van der Waals surface area contributed by atoms with E-state index in [9.17, 15) is 0 Å². The van der Waals surface area contributed by atoms with Gasteiger partial charge in [0.15, 0.2) is 0 Å². The number of halogens is 2. The Kier molecular flexibility index (Phi) is 3.59. The van der Waals surface area contributed by atoms with Gasteiger partial charge in [-0.15, -0.1) is 0 Å². The van der Waals surface area contributed by atoms with E-state index >= 15 is 0 Å². The molecule has 1 aromatic heterocycles. The molecule has 0 saturated heterocycles. The number of pyridine rings is 1. The van der Waals surface area contributed by atoms with E-state index in [0.29, 0.717) is 0 Å². The summed E-state index contributed by atoms with van der Waals surface area (Å²) in [6.45, 7) is 0. The van der Waals surface area contributed by atoms with Crippen LogP contribution in [0.3, 0.4) is 0 Å². The maximum atomic E-state index is 4.05. The molecule has 0 spiro atoms. The zero-order valence-electron chi connectivity index (χ0n) is 5.59. The van der Waals surface area contributed by atoms with Gasteiger partial charge in [0, 0.05) is 12.4 Å². The highest BCUT2D eigenvalue weighted by molar-refractivity contribution is 9.28. The van der Waals surface area contributed by atoms with E-state index in [2.05, 4.69) is 42.2 Å². The Hall–Kier alpha value is -0.350. The molecule has 0 atom stereocenters. The van der Waals surface area contributed by atoms with Crippen LogP contribution in [0.15, 0.2) is 34.0 Å². The smallest absolute Gasteiger partial charge is 0.129 e. The number of hydrogen-bond donors (Lipinski definition) is 1. The van der Waals surface area contributed by atoms with Gasteiger partial charge in [-0.3, -0.25) is 0 Å². The summed E-state index contributed by atoms with van der Waals surface area (Å²) in [7, 11) is 0. The van der Waals surface area contributed by atoms with E-state index in [-0.39, 0.29) is 0 Å². The van der Waals surface area contributed by atoms with Gasteiger partial charge in [-0.1, -0.05) is 6.07 Å². The summed E-state index contributed by atoms with van der Waals surface area (Å²) in [5.41, 5.74) is 0. The zero-order valence-corrected chi connectivity index (χ0v) is 8.76. The van der Waals surface area contributed by atoms with E-state index in [1.165, 1.54) is 0 Å². The maximum absolute atomic E-state index is 4.05. The quantitative estimate of drug-likeness (QED) is 0.899. The molecule has 0 aliphatic rings. The molecule has 0 fully saturated rings. The van der Waals surface area contributed by atoms with E-state index in [0.717, 1.165) is 9.21 Å².